The van der Waals surface area contributed by atoms with E-state index in [0.717, 1.165) is 47.8 Å². The summed E-state index contributed by atoms with van der Waals surface area (Å²) >= 11 is 5.90. The zero-order chi connectivity index (χ0) is 22.9. The van der Waals surface area contributed by atoms with E-state index in [4.69, 9.17) is 21.3 Å². The molecule has 166 valence electrons. The summed E-state index contributed by atoms with van der Waals surface area (Å²) < 4.78 is 5.55. The Labute approximate surface area is 194 Å². The van der Waals surface area contributed by atoms with Crippen LogP contribution < -0.4 is 0 Å². The molecule has 0 N–H and O–H groups in total. The highest BCUT2D eigenvalue weighted by Crippen LogP contribution is 2.41. The average Bonchev–Trinajstić information content (AvgIpc) is 2.80. The molecule has 2 aromatic carbocycles. The number of para-hydroxylation sites is 1. The number of ketones is 1. The summed E-state index contributed by atoms with van der Waals surface area (Å²) in [6, 6.07) is 14.2. The summed E-state index contributed by atoms with van der Waals surface area (Å²) in [7, 11) is 0. The fourth-order valence-electron chi connectivity index (χ4n) is 4.50. The first-order valence-corrected chi connectivity index (χ1v) is 11.5. The van der Waals surface area contributed by atoms with Crippen LogP contribution in [-0.2, 0) is 17.6 Å². The molecule has 1 atom stereocenters. The molecule has 0 saturated carbocycles. The second kappa shape index (κ2) is 9.03. The smallest absolute Gasteiger partial charge is 0.339 e. The molecule has 0 radical (unpaired) electrons. The number of ether oxygens (including phenoxy) is 1. The minimum Gasteiger partial charge on any atom is -0.454 e. The summed E-state index contributed by atoms with van der Waals surface area (Å²) in [6.07, 6.45) is 3.77. The maximum Gasteiger partial charge on any atom is 0.339 e. The highest BCUT2D eigenvalue weighted by molar-refractivity contribution is 6.30. The number of halogens is 1. The molecule has 0 bridgehead atoms. The van der Waals surface area contributed by atoms with Crippen LogP contribution in [-0.4, -0.2) is 23.3 Å². The van der Waals surface area contributed by atoms with Gasteiger partial charge < -0.3 is 4.74 Å². The zero-order valence-electron chi connectivity index (χ0n) is 18.8. The highest BCUT2D eigenvalue weighted by atomic mass is 35.5. The number of nitrogens with zero attached hydrogens (tertiary/aromatic N) is 1. The normalized spacial score (nSPS) is 15.9. The Kier molecular flexibility index (Phi) is 6.34. The summed E-state index contributed by atoms with van der Waals surface area (Å²) in [5, 5.41) is 1.34. The Hall–Kier alpha value is -2.72. The third kappa shape index (κ3) is 4.42. The number of benzene rings is 2. The van der Waals surface area contributed by atoms with E-state index in [1.807, 2.05) is 24.3 Å². The third-order valence-corrected chi connectivity index (χ3v) is 7.23. The first-order chi connectivity index (χ1) is 15.3. The average molecular weight is 450 g/mol. The van der Waals surface area contributed by atoms with E-state index < -0.39 is 5.97 Å². The lowest BCUT2D eigenvalue weighted by Gasteiger charge is -2.37. The van der Waals surface area contributed by atoms with Crippen molar-refractivity contribution >= 4 is 34.3 Å². The molecule has 32 heavy (non-hydrogen) atoms. The molecule has 1 heterocycles. The molecule has 3 aromatic rings. The lowest BCUT2D eigenvalue weighted by Crippen LogP contribution is -2.31. The Morgan fingerprint density at radius 2 is 1.84 bits per heavy atom. The van der Waals surface area contributed by atoms with Gasteiger partial charge in [-0.1, -0.05) is 57.0 Å². The number of aryl methyl sites for hydroxylation is 1. The van der Waals surface area contributed by atoms with Crippen LogP contribution in [0.2, 0.25) is 5.02 Å². The maximum absolute atomic E-state index is 13.3. The van der Waals surface area contributed by atoms with Crippen LogP contribution in [0.3, 0.4) is 0 Å². The van der Waals surface area contributed by atoms with Crippen molar-refractivity contribution in [1.29, 1.82) is 0 Å². The number of carbonyl (C=O) groups excluding carboxylic acids is 2. The largest absolute Gasteiger partial charge is 0.454 e. The summed E-state index contributed by atoms with van der Waals surface area (Å²) in [4.78, 5) is 30.7. The van der Waals surface area contributed by atoms with Gasteiger partial charge in [-0.3, -0.25) is 9.78 Å². The van der Waals surface area contributed by atoms with Crippen molar-refractivity contribution < 1.29 is 14.3 Å². The van der Waals surface area contributed by atoms with Gasteiger partial charge in [0.25, 0.3) is 0 Å². The fraction of sp³-hybridized carbons (Fsp3) is 0.370. The predicted molar refractivity (Wildman–Crippen MR) is 127 cm³/mol. The van der Waals surface area contributed by atoms with Gasteiger partial charge in [-0.05, 0) is 66.5 Å². The van der Waals surface area contributed by atoms with Gasteiger partial charge in [0.1, 0.15) is 0 Å². The van der Waals surface area contributed by atoms with E-state index in [1.54, 1.807) is 24.3 Å². The second-order valence-corrected chi connectivity index (χ2v) is 9.65. The molecule has 0 aliphatic heterocycles. The number of esters is 1. The van der Waals surface area contributed by atoms with E-state index >= 15 is 0 Å². The van der Waals surface area contributed by atoms with Gasteiger partial charge in [-0.2, -0.15) is 0 Å². The van der Waals surface area contributed by atoms with Crippen molar-refractivity contribution in [2.75, 3.05) is 6.61 Å². The molecule has 1 aromatic heterocycles. The molecule has 0 saturated heterocycles. The quantitative estimate of drug-likeness (QED) is 0.319. The van der Waals surface area contributed by atoms with E-state index in [2.05, 4.69) is 20.8 Å². The third-order valence-electron chi connectivity index (χ3n) is 6.98. The molecule has 0 amide bonds. The molecule has 0 fully saturated rings. The molecule has 4 rings (SSSR count). The number of rotatable bonds is 6. The molecular weight excluding hydrogens is 422 g/mol. The van der Waals surface area contributed by atoms with E-state index in [1.165, 1.54) is 0 Å². The van der Waals surface area contributed by atoms with Crippen LogP contribution in [0.4, 0.5) is 0 Å². The van der Waals surface area contributed by atoms with Gasteiger partial charge in [0.15, 0.2) is 12.4 Å². The number of hydrogen-bond donors (Lipinski definition) is 0. The lowest BCUT2D eigenvalue weighted by atomic mass is 9.68. The number of pyridine rings is 1. The zero-order valence-corrected chi connectivity index (χ0v) is 19.5. The Balaban J connectivity index is 1.66. The van der Waals surface area contributed by atoms with Crippen molar-refractivity contribution in [3.05, 3.63) is 75.9 Å². The van der Waals surface area contributed by atoms with Gasteiger partial charge >= 0.3 is 5.97 Å². The van der Waals surface area contributed by atoms with Crippen LogP contribution in [0, 0.1) is 11.3 Å². The van der Waals surface area contributed by atoms with Gasteiger partial charge in [0, 0.05) is 21.7 Å². The van der Waals surface area contributed by atoms with Gasteiger partial charge in [-0.25, -0.2) is 4.79 Å². The monoisotopic (exact) mass is 449 g/mol. The summed E-state index contributed by atoms with van der Waals surface area (Å²) in [6.45, 7) is 6.49. The summed E-state index contributed by atoms with van der Waals surface area (Å²) in [5.41, 5.74) is 3.94. The number of carbonyl (C=O) groups is 2. The minimum atomic E-state index is -0.461. The molecule has 0 spiro atoms. The SMILES string of the molecule is CCC(C)(C)C1CCc2nc3ccccc3c(C(=O)OCC(=O)c3ccc(Cl)cc3)c2C1. The molecular formula is C27H28ClNO3. The topological polar surface area (TPSA) is 56.3 Å². The molecule has 1 aliphatic carbocycles. The maximum atomic E-state index is 13.3. The van der Waals surface area contributed by atoms with Crippen LogP contribution in [0.15, 0.2) is 48.5 Å². The Bertz CT molecular complexity index is 1170. The molecule has 1 aliphatic rings. The van der Waals surface area contributed by atoms with E-state index in [0.29, 0.717) is 22.1 Å². The van der Waals surface area contributed by atoms with Gasteiger partial charge in [0.2, 0.25) is 0 Å². The number of hydrogen-bond acceptors (Lipinski definition) is 4. The fourth-order valence-corrected chi connectivity index (χ4v) is 4.63. The standard InChI is InChI=1S/C27H28ClNO3/c1-4-27(2,3)18-11-14-23-21(15-18)25(20-7-5-6-8-22(20)29-23)26(31)32-16-24(30)17-9-12-19(28)13-10-17/h5-10,12-13,18H,4,11,14-16H2,1-3H3. The van der Waals surface area contributed by atoms with Crippen LogP contribution in [0.1, 0.15) is 65.6 Å². The molecule has 4 nitrogen and oxygen atoms in total. The van der Waals surface area contributed by atoms with Crippen LogP contribution >= 0.6 is 11.6 Å². The first-order valence-electron chi connectivity index (χ1n) is 11.2. The van der Waals surface area contributed by atoms with Crippen molar-refractivity contribution in [3.8, 4) is 0 Å². The minimum absolute atomic E-state index is 0.176. The van der Waals surface area contributed by atoms with Gasteiger partial charge in [-0.15, -0.1) is 0 Å². The van der Waals surface area contributed by atoms with Crippen LogP contribution in [0.25, 0.3) is 10.9 Å². The van der Waals surface area contributed by atoms with Crippen molar-refractivity contribution in [1.82, 2.24) is 4.98 Å². The molecule has 5 heteroatoms. The highest BCUT2D eigenvalue weighted by Gasteiger charge is 2.34. The lowest BCUT2D eigenvalue weighted by molar-refractivity contribution is 0.0474. The van der Waals surface area contributed by atoms with E-state index in [9.17, 15) is 9.59 Å². The second-order valence-electron chi connectivity index (χ2n) is 9.22. The van der Waals surface area contributed by atoms with Crippen molar-refractivity contribution in [3.63, 3.8) is 0 Å². The van der Waals surface area contributed by atoms with Crippen molar-refractivity contribution in [2.24, 2.45) is 11.3 Å². The molecule has 1 unspecified atom stereocenters. The Morgan fingerprint density at radius 3 is 2.56 bits per heavy atom. The van der Waals surface area contributed by atoms with Crippen LogP contribution in [0.5, 0.6) is 0 Å². The predicted octanol–water partition coefficient (Wildman–Crippen LogP) is 6.47. The first kappa shape index (κ1) is 22.5. The van der Waals surface area contributed by atoms with Gasteiger partial charge in [0.05, 0.1) is 11.1 Å². The van der Waals surface area contributed by atoms with E-state index in [-0.39, 0.29) is 17.8 Å². The number of Topliss-reactive ketones (excluding diaryl/α,β-unsaturated/α-hetero) is 1. The summed E-state index contributed by atoms with van der Waals surface area (Å²) in [5.74, 6) is -0.255. The number of aromatic nitrogens is 1. The van der Waals surface area contributed by atoms with Crippen molar-refractivity contribution in [2.45, 2.75) is 46.5 Å². The number of fused-ring (bicyclic) bond motifs is 2. The Morgan fingerprint density at radius 1 is 1.12 bits per heavy atom.